The number of rotatable bonds is 2. The van der Waals surface area contributed by atoms with Crippen LogP contribution in [0.1, 0.15) is 0 Å². The molecule has 64 valence electrons. The smallest absolute Gasteiger partial charge is 0.224 e. The molecule has 1 saturated heterocycles. The number of ether oxygens (including phenoxy) is 1. The molecule has 0 spiro atoms. The van der Waals surface area contributed by atoms with E-state index < -0.39 is 0 Å². The van der Waals surface area contributed by atoms with E-state index in [4.69, 9.17) is 11.2 Å². The topological polar surface area (TPSA) is 38.3 Å². The van der Waals surface area contributed by atoms with Gasteiger partial charge in [-0.05, 0) is 11.8 Å². The third-order valence-corrected chi connectivity index (χ3v) is 2.62. The first-order valence-corrected chi connectivity index (χ1v) is 4.13. The number of carbonyl (C=O) groups is 1. The summed E-state index contributed by atoms with van der Waals surface area (Å²) < 4.78 is 5.17. The molecule has 1 saturated carbocycles. The molecule has 2 atom stereocenters. The molecule has 1 aliphatic carbocycles. The minimum atomic E-state index is 0.103. The van der Waals surface area contributed by atoms with E-state index in [1.54, 1.807) is 0 Å². The zero-order valence-electron chi connectivity index (χ0n) is 6.75. The maximum Gasteiger partial charge on any atom is 0.224 e. The lowest BCUT2D eigenvalue weighted by Crippen LogP contribution is -2.27. The fraction of sp³-hybridized carbons (Fsp3) is 0.667. The van der Waals surface area contributed by atoms with Crippen LogP contribution in [0.5, 0.6) is 0 Å². The molecule has 0 bridgehead atoms. The number of amides is 1. The zero-order chi connectivity index (χ0) is 8.55. The molecule has 3 nitrogen and oxygen atoms in total. The van der Waals surface area contributed by atoms with Crippen LogP contribution in [0.4, 0.5) is 0 Å². The van der Waals surface area contributed by atoms with Crippen molar-refractivity contribution in [2.45, 2.75) is 0 Å². The fourth-order valence-electron chi connectivity index (χ4n) is 1.88. The SMILES string of the molecule is C#CCNC(=O)C1C2COCC21. The van der Waals surface area contributed by atoms with Crippen LogP contribution in [0.3, 0.4) is 0 Å². The van der Waals surface area contributed by atoms with Gasteiger partial charge in [0.05, 0.1) is 19.8 Å². The molecule has 1 amide bonds. The van der Waals surface area contributed by atoms with E-state index in [-0.39, 0.29) is 11.8 Å². The molecule has 2 aliphatic rings. The first-order chi connectivity index (χ1) is 5.84. The quantitative estimate of drug-likeness (QED) is 0.567. The Morgan fingerprint density at radius 2 is 2.25 bits per heavy atom. The zero-order valence-corrected chi connectivity index (χ0v) is 6.75. The van der Waals surface area contributed by atoms with Crippen molar-refractivity contribution in [1.82, 2.24) is 5.32 Å². The highest BCUT2D eigenvalue weighted by Crippen LogP contribution is 2.50. The average molecular weight is 165 g/mol. The molecule has 12 heavy (non-hydrogen) atoms. The van der Waals surface area contributed by atoms with Gasteiger partial charge in [-0.1, -0.05) is 5.92 Å². The molecular formula is C9H11NO2. The van der Waals surface area contributed by atoms with Crippen LogP contribution in [0.25, 0.3) is 0 Å². The third-order valence-electron chi connectivity index (χ3n) is 2.62. The number of terminal acetylenes is 1. The highest BCUT2D eigenvalue weighted by atomic mass is 16.5. The van der Waals surface area contributed by atoms with E-state index in [0.29, 0.717) is 18.4 Å². The van der Waals surface area contributed by atoms with Gasteiger partial charge in [0.25, 0.3) is 0 Å². The van der Waals surface area contributed by atoms with E-state index >= 15 is 0 Å². The first-order valence-electron chi connectivity index (χ1n) is 4.13. The summed E-state index contributed by atoms with van der Waals surface area (Å²) in [6, 6.07) is 0. The minimum absolute atomic E-state index is 0.103. The number of carbonyl (C=O) groups excluding carboxylic acids is 1. The van der Waals surface area contributed by atoms with Crippen molar-refractivity contribution >= 4 is 5.91 Å². The van der Waals surface area contributed by atoms with Gasteiger partial charge >= 0.3 is 0 Å². The van der Waals surface area contributed by atoms with Crippen molar-refractivity contribution in [3.05, 3.63) is 0 Å². The van der Waals surface area contributed by atoms with E-state index in [1.807, 2.05) is 0 Å². The molecule has 0 aromatic carbocycles. The van der Waals surface area contributed by atoms with Gasteiger partial charge < -0.3 is 10.1 Å². The summed E-state index contributed by atoms with van der Waals surface area (Å²) in [6.07, 6.45) is 5.02. The molecule has 1 N–H and O–H groups in total. The second-order valence-corrected chi connectivity index (χ2v) is 3.31. The summed E-state index contributed by atoms with van der Waals surface area (Å²) in [6.45, 7) is 1.84. The second kappa shape index (κ2) is 2.80. The Morgan fingerprint density at radius 3 is 2.83 bits per heavy atom. The molecule has 2 rings (SSSR count). The van der Waals surface area contributed by atoms with Gasteiger partial charge in [-0.2, -0.15) is 0 Å². The van der Waals surface area contributed by atoms with Crippen LogP contribution in [-0.2, 0) is 9.53 Å². The maximum absolute atomic E-state index is 11.3. The van der Waals surface area contributed by atoms with Crippen molar-refractivity contribution in [2.24, 2.45) is 17.8 Å². The molecule has 2 unspecified atom stereocenters. The van der Waals surface area contributed by atoms with Crippen molar-refractivity contribution in [2.75, 3.05) is 19.8 Å². The van der Waals surface area contributed by atoms with Gasteiger partial charge in [-0.15, -0.1) is 6.42 Å². The van der Waals surface area contributed by atoms with Crippen LogP contribution in [0, 0.1) is 30.1 Å². The van der Waals surface area contributed by atoms with Crippen molar-refractivity contribution in [3.8, 4) is 12.3 Å². The lowest BCUT2D eigenvalue weighted by Gasteiger charge is -2.03. The maximum atomic E-state index is 11.3. The lowest BCUT2D eigenvalue weighted by atomic mass is 10.3. The van der Waals surface area contributed by atoms with Gasteiger partial charge in [-0.3, -0.25) is 4.79 Å². The molecule has 3 heteroatoms. The molecule has 0 aromatic rings. The van der Waals surface area contributed by atoms with Gasteiger partial charge in [-0.25, -0.2) is 0 Å². The Bertz CT molecular complexity index is 233. The number of nitrogens with one attached hydrogen (secondary N) is 1. The van der Waals surface area contributed by atoms with Crippen molar-refractivity contribution in [3.63, 3.8) is 0 Å². The van der Waals surface area contributed by atoms with Gasteiger partial charge in [0, 0.05) is 5.92 Å². The highest BCUT2D eigenvalue weighted by Gasteiger charge is 2.57. The number of hydrogen-bond donors (Lipinski definition) is 1. The summed E-state index contributed by atoms with van der Waals surface area (Å²) in [4.78, 5) is 11.3. The average Bonchev–Trinajstić information content (AvgIpc) is 2.56. The first kappa shape index (κ1) is 7.63. The largest absolute Gasteiger partial charge is 0.381 e. The second-order valence-electron chi connectivity index (χ2n) is 3.31. The molecule has 1 heterocycles. The fourth-order valence-corrected chi connectivity index (χ4v) is 1.88. The standard InChI is InChI=1S/C9H11NO2/c1-2-3-10-9(11)8-6-4-12-5-7(6)8/h1,6-8H,3-5H2,(H,10,11). The van der Waals surface area contributed by atoms with E-state index in [0.717, 1.165) is 13.2 Å². The summed E-state index contributed by atoms with van der Waals surface area (Å²) in [5.41, 5.74) is 0. The Morgan fingerprint density at radius 1 is 1.58 bits per heavy atom. The van der Waals surface area contributed by atoms with E-state index in [9.17, 15) is 4.79 Å². The summed E-state index contributed by atoms with van der Waals surface area (Å²) in [5, 5.41) is 2.69. The lowest BCUT2D eigenvalue weighted by molar-refractivity contribution is -0.123. The van der Waals surface area contributed by atoms with Crippen LogP contribution in [0.2, 0.25) is 0 Å². The Hall–Kier alpha value is -1.01. The van der Waals surface area contributed by atoms with Crippen LogP contribution in [0.15, 0.2) is 0 Å². The van der Waals surface area contributed by atoms with E-state index in [1.165, 1.54) is 0 Å². The van der Waals surface area contributed by atoms with Crippen LogP contribution in [-0.4, -0.2) is 25.7 Å². The molecule has 1 aliphatic heterocycles. The predicted molar refractivity (Wildman–Crippen MR) is 43.1 cm³/mol. The Labute approximate surface area is 71.5 Å². The third kappa shape index (κ3) is 1.09. The monoisotopic (exact) mass is 165 g/mol. The van der Waals surface area contributed by atoms with Gasteiger partial charge in [0.2, 0.25) is 5.91 Å². The summed E-state index contributed by atoms with van der Waals surface area (Å²) in [7, 11) is 0. The predicted octanol–water partition coefficient (Wildman–Crippen LogP) is -0.372. The van der Waals surface area contributed by atoms with Crippen molar-refractivity contribution in [1.29, 1.82) is 0 Å². The number of hydrogen-bond acceptors (Lipinski definition) is 2. The van der Waals surface area contributed by atoms with Crippen LogP contribution >= 0.6 is 0 Å². The highest BCUT2D eigenvalue weighted by molar-refractivity contribution is 5.82. The molecule has 0 radical (unpaired) electrons. The van der Waals surface area contributed by atoms with Crippen molar-refractivity contribution < 1.29 is 9.53 Å². The molecule has 0 aromatic heterocycles. The summed E-state index contributed by atoms with van der Waals surface area (Å²) >= 11 is 0. The van der Waals surface area contributed by atoms with Crippen LogP contribution < -0.4 is 5.32 Å². The normalized spacial score (nSPS) is 36.8. The van der Waals surface area contributed by atoms with Gasteiger partial charge in [0.1, 0.15) is 0 Å². The Balaban J connectivity index is 1.81. The molecular weight excluding hydrogens is 154 g/mol. The molecule has 2 fully saturated rings. The summed E-state index contributed by atoms with van der Waals surface area (Å²) in [5.74, 6) is 3.62. The van der Waals surface area contributed by atoms with Gasteiger partial charge in [0.15, 0.2) is 0 Å². The number of fused-ring (bicyclic) bond motifs is 1. The Kier molecular flexibility index (Phi) is 1.78. The van der Waals surface area contributed by atoms with E-state index in [2.05, 4.69) is 11.2 Å². The minimum Gasteiger partial charge on any atom is -0.381 e.